The number of pyridine rings is 1. The zero-order chi connectivity index (χ0) is 24.8. The highest BCUT2D eigenvalue weighted by molar-refractivity contribution is 6.16. The minimum absolute atomic E-state index is 0.0757. The van der Waals surface area contributed by atoms with Crippen molar-refractivity contribution in [3.8, 4) is 11.5 Å². The molecule has 2 aromatic carbocycles. The van der Waals surface area contributed by atoms with Crippen LogP contribution in [0.3, 0.4) is 0 Å². The summed E-state index contributed by atoms with van der Waals surface area (Å²) < 4.78 is 11.8. The van der Waals surface area contributed by atoms with Gasteiger partial charge >= 0.3 is 6.01 Å². The molecule has 3 aliphatic heterocycles. The molecule has 0 radical (unpaired) electrons. The molecule has 3 aliphatic rings. The molecule has 2 fully saturated rings. The molecule has 1 N–H and O–H groups in total. The number of carbonyl (C=O) groups is 1. The van der Waals surface area contributed by atoms with E-state index in [1.165, 1.54) is 0 Å². The zero-order valence-corrected chi connectivity index (χ0v) is 19.9. The highest BCUT2D eigenvalue weighted by Crippen LogP contribution is 2.37. The van der Waals surface area contributed by atoms with Crippen LogP contribution in [-0.4, -0.2) is 58.1 Å². The number of morpholine rings is 1. The largest absolute Gasteiger partial charge is 0.403 e. The molecule has 2 saturated heterocycles. The summed E-state index contributed by atoms with van der Waals surface area (Å²) in [5.41, 5.74) is 4.33. The molecule has 9 heteroatoms. The lowest BCUT2D eigenvalue weighted by Crippen LogP contribution is -2.37. The van der Waals surface area contributed by atoms with Gasteiger partial charge in [0, 0.05) is 30.3 Å². The Bertz CT molecular complexity index is 1500. The number of nitrogens with zero attached hydrogens (tertiary/aromatic N) is 5. The summed E-state index contributed by atoms with van der Waals surface area (Å²) in [6.45, 7) is 1.49. The molecule has 0 spiro atoms. The molecule has 0 saturated carbocycles. The van der Waals surface area contributed by atoms with Crippen LogP contribution >= 0.6 is 0 Å². The standard InChI is InChI=1S/C28H24N6O3/c35-23-13-18-9-4-5-10-21(18)24(17-7-2-1-3-8-17)30-25(23)31-28-33-32-27(37-28)22-11-6-12-29-26(22)34-15-20-14-19(34)16-36-20/h1-12,19-20,25H,13-16H2,(H,31,33)/t19-,20-,25?/m1/s1. The van der Waals surface area contributed by atoms with E-state index in [9.17, 15) is 4.79 Å². The van der Waals surface area contributed by atoms with Gasteiger partial charge in [-0.2, -0.15) is 0 Å². The van der Waals surface area contributed by atoms with Crippen molar-refractivity contribution in [3.63, 3.8) is 0 Å². The van der Waals surface area contributed by atoms with Gasteiger partial charge < -0.3 is 19.4 Å². The second kappa shape index (κ2) is 8.94. The molecule has 9 nitrogen and oxygen atoms in total. The summed E-state index contributed by atoms with van der Waals surface area (Å²) in [5.74, 6) is 1.07. The number of fused-ring (bicyclic) bond motifs is 3. The number of hydrogen-bond donors (Lipinski definition) is 1. The topological polar surface area (TPSA) is 106 Å². The fourth-order valence-electron chi connectivity index (χ4n) is 5.36. The number of benzene rings is 2. The van der Waals surface area contributed by atoms with Gasteiger partial charge in [-0.05, 0) is 24.1 Å². The van der Waals surface area contributed by atoms with Crippen molar-refractivity contribution in [2.75, 3.05) is 23.4 Å². The van der Waals surface area contributed by atoms with Gasteiger partial charge in [0.1, 0.15) is 5.82 Å². The predicted molar refractivity (Wildman–Crippen MR) is 138 cm³/mol. The normalized spacial score (nSPS) is 22.5. The molecule has 37 heavy (non-hydrogen) atoms. The van der Waals surface area contributed by atoms with E-state index in [4.69, 9.17) is 14.1 Å². The molecule has 0 amide bonds. The number of anilines is 2. The molecule has 5 heterocycles. The van der Waals surface area contributed by atoms with Gasteiger partial charge in [0.05, 0.1) is 30.0 Å². The minimum atomic E-state index is -0.865. The molecular formula is C28H24N6O3. The average molecular weight is 493 g/mol. The first-order valence-electron chi connectivity index (χ1n) is 12.4. The van der Waals surface area contributed by atoms with E-state index in [1.807, 2.05) is 66.7 Å². The fraction of sp³-hybridized carbons (Fsp3) is 0.250. The van der Waals surface area contributed by atoms with Crippen LogP contribution in [0.4, 0.5) is 11.8 Å². The number of hydrogen-bond acceptors (Lipinski definition) is 9. The van der Waals surface area contributed by atoms with Crippen molar-refractivity contribution in [1.82, 2.24) is 15.2 Å². The lowest BCUT2D eigenvalue weighted by Gasteiger charge is -2.28. The maximum atomic E-state index is 13.2. The Hall–Kier alpha value is -4.37. The van der Waals surface area contributed by atoms with E-state index < -0.39 is 6.17 Å². The van der Waals surface area contributed by atoms with Crippen LogP contribution in [0, 0.1) is 0 Å². The lowest BCUT2D eigenvalue weighted by atomic mass is 9.96. The summed E-state index contributed by atoms with van der Waals surface area (Å²) in [7, 11) is 0. The number of carbonyl (C=O) groups excluding carboxylic acids is 1. The van der Waals surface area contributed by atoms with Crippen LogP contribution in [0.15, 0.2) is 82.3 Å². The molecule has 7 rings (SSSR count). The summed E-state index contributed by atoms with van der Waals surface area (Å²) in [6, 6.07) is 22.0. The number of rotatable bonds is 5. The highest BCUT2D eigenvalue weighted by atomic mass is 16.5. The first kappa shape index (κ1) is 21.9. The second-order valence-corrected chi connectivity index (χ2v) is 9.48. The molecular weight excluding hydrogens is 468 g/mol. The zero-order valence-electron chi connectivity index (χ0n) is 19.9. The SMILES string of the molecule is O=C1Cc2ccccc2C(c2ccccc2)=NC1Nc1nnc(-c2cccnc2N2C[C@H]3C[C@@H]2CO3)o1. The van der Waals surface area contributed by atoms with Crippen molar-refractivity contribution in [2.45, 2.75) is 31.2 Å². The summed E-state index contributed by atoms with van der Waals surface area (Å²) >= 11 is 0. The van der Waals surface area contributed by atoms with Crippen LogP contribution in [0.5, 0.6) is 0 Å². The number of nitrogens with one attached hydrogen (secondary N) is 1. The number of ether oxygens (including phenoxy) is 1. The average Bonchev–Trinajstić information content (AvgIpc) is 3.68. The smallest absolute Gasteiger partial charge is 0.317 e. The summed E-state index contributed by atoms with van der Waals surface area (Å²) in [6.07, 6.45) is 2.39. The van der Waals surface area contributed by atoms with Crippen molar-refractivity contribution in [1.29, 1.82) is 0 Å². The van der Waals surface area contributed by atoms with E-state index >= 15 is 0 Å². The van der Waals surface area contributed by atoms with Crippen LogP contribution < -0.4 is 10.2 Å². The highest BCUT2D eigenvalue weighted by Gasteiger charge is 2.40. The van der Waals surface area contributed by atoms with Crippen molar-refractivity contribution < 1.29 is 13.9 Å². The fourth-order valence-corrected chi connectivity index (χ4v) is 5.36. The number of ketones is 1. The Balaban J connectivity index is 1.20. The Morgan fingerprint density at radius 2 is 1.78 bits per heavy atom. The molecule has 4 aromatic rings. The second-order valence-electron chi connectivity index (χ2n) is 9.48. The van der Waals surface area contributed by atoms with Gasteiger partial charge in [-0.25, -0.2) is 4.98 Å². The summed E-state index contributed by atoms with van der Waals surface area (Å²) in [5, 5.41) is 11.5. The molecule has 2 bridgehead atoms. The van der Waals surface area contributed by atoms with E-state index in [-0.39, 0.29) is 24.3 Å². The molecule has 3 atom stereocenters. The Labute approximate surface area is 213 Å². The van der Waals surface area contributed by atoms with Gasteiger partial charge in [0.25, 0.3) is 5.89 Å². The van der Waals surface area contributed by atoms with Crippen LogP contribution in [0.2, 0.25) is 0 Å². The third kappa shape index (κ3) is 3.97. The van der Waals surface area contributed by atoms with Crippen molar-refractivity contribution in [2.24, 2.45) is 4.99 Å². The van der Waals surface area contributed by atoms with E-state index in [1.54, 1.807) is 6.20 Å². The molecule has 2 aromatic heterocycles. The van der Waals surface area contributed by atoms with Crippen LogP contribution in [0.25, 0.3) is 11.5 Å². The Morgan fingerprint density at radius 3 is 2.62 bits per heavy atom. The van der Waals surface area contributed by atoms with E-state index in [2.05, 4.69) is 25.4 Å². The number of aliphatic imine (C=N–C) groups is 1. The third-order valence-corrected chi connectivity index (χ3v) is 7.12. The first-order valence-corrected chi connectivity index (χ1v) is 12.4. The Morgan fingerprint density at radius 1 is 0.946 bits per heavy atom. The van der Waals surface area contributed by atoms with Gasteiger partial charge in [0.15, 0.2) is 11.9 Å². The molecule has 184 valence electrons. The third-order valence-electron chi connectivity index (χ3n) is 7.12. The lowest BCUT2D eigenvalue weighted by molar-refractivity contribution is -0.119. The molecule has 0 aliphatic carbocycles. The van der Waals surface area contributed by atoms with Crippen LogP contribution in [0.1, 0.15) is 23.1 Å². The maximum absolute atomic E-state index is 13.2. The van der Waals surface area contributed by atoms with Crippen molar-refractivity contribution >= 4 is 23.3 Å². The minimum Gasteiger partial charge on any atom is -0.403 e. The van der Waals surface area contributed by atoms with Gasteiger partial charge in [0.2, 0.25) is 0 Å². The Kier molecular flexibility index (Phi) is 5.28. The van der Waals surface area contributed by atoms with Crippen molar-refractivity contribution in [3.05, 3.63) is 89.6 Å². The number of aromatic nitrogens is 3. The van der Waals surface area contributed by atoms with Gasteiger partial charge in [-0.3, -0.25) is 9.79 Å². The van der Waals surface area contributed by atoms with Gasteiger partial charge in [-0.1, -0.05) is 59.7 Å². The van der Waals surface area contributed by atoms with E-state index in [0.29, 0.717) is 18.5 Å². The number of Topliss-reactive ketones (excluding diaryl/α,β-unsaturated/α-hetero) is 1. The summed E-state index contributed by atoms with van der Waals surface area (Å²) in [4.78, 5) is 25.0. The maximum Gasteiger partial charge on any atom is 0.317 e. The first-order chi connectivity index (χ1) is 18.2. The predicted octanol–water partition coefficient (Wildman–Crippen LogP) is 3.51. The quantitative estimate of drug-likeness (QED) is 0.451. The monoisotopic (exact) mass is 492 g/mol. The van der Waals surface area contributed by atoms with Crippen LogP contribution in [-0.2, 0) is 16.0 Å². The van der Waals surface area contributed by atoms with Gasteiger partial charge in [-0.15, -0.1) is 5.10 Å². The van der Waals surface area contributed by atoms with E-state index in [0.717, 1.165) is 46.7 Å². The molecule has 1 unspecified atom stereocenters.